The van der Waals surface area contributed by atoms with Gasteiger partial charge < -0.3 is 19.9 Å². The van der Waals surface area contributed by atoms with Crippen molar-refractivity contribution in [1.82, 2.24) is 10.2 Å². The maximum atomic E-state index is 12.6. The lowest BCUT2D eigenvalue weighted by molar-refractivity contribution is -0.134. The Morgan fingerprint density at radius 2 is 1.68 bits per heavy atom. The fraction of sp³-hybridized carbons (Fsp3) is 0.440. The molecule has 0 aromatic heterocycles. The number of nitrogens with zero attached hydrogens (tertiary/aromatic N) is 2. The zero-order chi connectivity index (χ0) is 22.4. The Hall–Kier alpha value is -3.02. The zero-order valence-electron chi connectivity index (χ0n) is 18.9. The van der Waals surface area contributed by atoms with Crippen LogP contribution in [0.2, 0.25) is 0 Å². The highest BCUT2D eigenvalue weighted by Crippen LogP contribution is 2.28. The van der Waals surface area contributed by atoms with Gasteiger partial charge in [0, 0.05) is 31.9 Å². The average Bonchev–Trinajstić information content (AvgIpc) is 2.77. The molecule has 1 fully saturated rings. The van der Waals surface area contributed by atoms with E-state index in [1.807, 2.05) is 48.2 Å². The van der Waals surface area contributed by atoms with Crippen LogP contribution in [0.4, 0.5) is 5.69 Å². The molecule has 1 heterocycles. The second kappa shape index (κ2) is 10.3. The Morgan fingerprint density at radius 1 is 1.00 bits per heavy atom. The highest BCUT2D eigenvalue weighted by molar-refractivity contribution is 5.87. The molecule has 0 spiro atoms. The number of piperazine rings is 1. The third-order valence-electron chi connectivity index (χ3n) is 5.63. The fourth-order valence-electron chi connectivity index (χ4n) is 3.74. The van der Waals surface area contributed by atoms with Crippen LogP contribution in [0.15, 0.2) is 48.5 Å². The molecule has 1 aliphatic rings. The van der Waals surface area contributed by atoms with E-state index in [9.17, 15) is 9.59 Å². The van der Waals surface area contributed by atoms with Gasteiger partial charge in [-0.3, -0.25) is 9.59 Å². The van der Waals surface area contributed by atoms with E-state index >= 15 is 0 Å². The quantitative estimate of drug-likeness (QED) is 0.742. The molecule has 2 amide bonds. The third kappa shape index (κ3) is 6.00. The predicted molar refractivity (Wildman–Crippen MR) is 124 cm³/mol. The number of aryl methyl sites for hydroxylation is 1. The normalized spacial score (nSPS) is 15.0. The summed E-state index contributed by atoms with van der Waals surface area (Å²) in [5.41, 5.74) is 3.32. The first-order chi connectivity index (χ1) is 14.8. The van der Waals surface area contributed by atoms with E-state index in [0.29, 0.717) is 19.0 Å². The minimum atomic E-state index is -0.679. The molecule has 0 saturated carbocycles. The Morgan fingerprint density at radius 3 is 2.32 bits per heavy atom. The number of hydrogen-bond donors (Lipinski definition) is 1. The molecule has 1 aliphatic heterocycles. The van der Waals surface area contributed by atoms with E-state index in [-0.39, 0.29) is 18.4 Å². The standard InChI is InChI=1S/C25H33N3O3/c1-18(2)22-11-10-19(3)16-23(22)31-20(4)25(30)26-17-24(29)28-14-12-27(13-15-28)21-8-6-5-7-9-21/h5-11,16,18,20H,12-15,17H2,1-4H3,(H,26,30). The molecule has 1 N–H and O–H groups in total. The fourth-order valence-corrected chi connectivity index (χ4v) is 3.74. The largest absolute Gasteiger partial charge is 0.481 e. The van der Waals surface area contributed by atoms with Crippen LogP contribution >= 0.6 is 0 Å². The molecule has 1 unspecified atom stereocenters. The number of rotatable bonds is 7. The summed E-state index contributed by atoms with van der Waals surface area (Å²) in [5, 5.41) is 2.74. The van der Waals surface area contributed by atoms with Gasteiger partial charge in [-0.2, -0.15) is 0 Å². The maximum Gasteiger partial charge on any atom is 0.261 e. The minimum Gasteiger partial charge on any atom is -0.481 e. The number of carbonyl (C=O) groups excluding carboxylic acids is 2. The first-order valence-corrected chi connectivity index (χ1v) is 11.0. The van der Waals surface area contributed by atoms with E-state index in [1.54, 1.807) is 6.92 Å². The van der Waals surface area contributed by atoms with E-state index < -0.39 is 6.10 Å². The molecule has 1 saturated heterocycles. The summed E-state index contributed by atoms with van der Waals surface area (Å²) in [5.74, 6) is 0.669. The smallest absolute Gasteiger partial charge is 0.261 e. The molecule has 6 heteroatoms. The predicted octanol–water partition coefficient (Wildman–Crippen LogP) is 3.35. The van der Waals surface area contributed by atoms with Crippen molar-refractivity contribution in [3.8, 4) is 5.75 Å². The lowest BCUT2D eigenvalue weighted by Gasteiger charge is -2.36. The van der Waals surface area contributed by atoms with Gasteiger partial charge in [-0.25, -0.2) is 0 Å². The molecular formula is C25H33N3O3. The number of ether oxygens (including phenoxy) is 1. The number of anilines is 1. The minimum absolute atomic E-state index is 0.0112. The number of carbonyl (C=O) groups is 2. The van der Waals surface area contributed by atoms with Crippen molar-refractivity contribution in [3.05, 3.63) is 59.7 Å². The number of amides is 2. The molecule has 2 aromatic carbocycles. The summed E-state index contributed by atoms with van der Waals surface area (Å²) in [4.78, 5) is 29.2. The molecule has 166 valence electrons. The molecule has 0 aliphatic carbocycles. The van der Waals surface area contributed by atoms with Crippen molar-refractivity contribution in [3.63, 3.8) is 0 Å². The summed E-state index contributed by atoms with van der Waals surface area (Å²) >= 11 is 0. The van der Waals surface area contributed by atoms with E-state index in [0.717, 1.165) is 30.0 Å². The van der Waals surface area contributed by atoms with Gasteiger partial charge in [0.15, 0.2) is 6.10 Å². The van der Waals surface area contributed by atoms with Crippen molar-refractivity contribution in [1.29, 1.82) is 0 Å². The van der Waals surface area contributed by atoms with Crippen LogP contribution in [-0.4, -0.2) is 55.5 Å². The van der Waals surface area contributed by atoms with Crippen LogP contribution in [0.25, 0.3) is 0 Å². The summed E-state index contributed by atoms with van der Waals surface area (Å²) in [6.07, 6.45) is -0.679. The second-order valence-electron chi connectivity index (χ2n) is 8.38. The van der Waals surface area contributed by atoms with Crippen LogP contribution in [0.5, 0.6) is 5.75 Å². The van der Waals surface area contributed by atoms with Crippen molar-refractivity contribution < 1.29 is 14.3 Å². The Balaban J connectivity index is 1.47. The molecule has 6 nitrogen and oxygen atoms in total. The number of hydrogen-bond acceptors (Lipinski definition) is 4. The number of para-hydroxylation sites is 1. The van der Waals surface area contributed by atoms with Crippen molar-refractivity contribution in [2.45, 2.75) is 39.7 Å². The Bertz CT molecular complexity index is 890. The van der Waals surface area contributed by atoms with Gasteiger partial charge in [-0.1, -0.05) is 44.2 Å². The molecule has 0 bridgehead atoms. The van der Waals surface area contributed by atoms with Crippen LogP contribution in [0.1, 0.15) is 37.8 Å². The molecule has 3 rings (SSSR count). The first kappa shape index (κ1) is 22.7. The number of nitrogens with one attached hydrogen (secondary N) is 1. The van der Waals surface area contributed by atoms with E-state index in [4.69, 9.17) is 4.74 Å². The molecule has 1 atom stereocenters. The molecule has 2 aromatic rings. The topological polar surface area (TPSA) is 61.9 Å². The van der Waals surface area contributed by atoms with E-state index in [2.05, 4.69) is 36.2 Å². The van der Waals surface area contributed by atoms with Gasteiger partial charge in [-0.05, 0) is 49.1 Å². The lowest BCUT2D eigenvalue weighted by Crippen LogP contribution is -2.52. The van der Waals surface area contributed by atoms with Gasteiger partial charge in [-0.15, -0.1) is 0 Å². The first-order valence-electron chi connectivity index (χ1n) is 11.0. The van der Waals surface area contributed by atoms with Crippen LogP contribution < -0.4 is 15.0 Å². The van der Waals surface area contributed by atoms with Crippen LogP contribution in [-0.2, 0) is 9.59 Å². The Kier molecular flexibility index (Phi) is 7.55. The summed E-state index contributed by atoms with van der Waals surface area (Å²) < 4.78 is 5.95. The summed E-state index contributed by atoms with van der Waals surface area (Å²) in [6.45, 7) is 10.8. The maximum absolute atomic E-state index is 12.6. The van der Waals surface area contributed by atoms with Gasteiger partial charge >= 0.3 is 0 Å². The molecular weight excluding hydrogens is 390 g/mol. The van der Waals surface area contributed by atoms with Crippen LogP contribution in [0.3, 0.4) is 0 Å². The lowest BCUT2D eigenvalue weighted by atomic mass is 10.0. The van der Waals surface area contributed by atoms with Gasteiger partial charge in [0.1, 0.15) is 5.75 Å². The van der Waals surface area contributed by atoms with Crippen molar-refractivity contribution >= 4 is 17.5 Å². The highest BCUT2D eigenvalue weighted by atomic mass is 16.5. The average molecular weight is 424 g/mol. The van der Waals surface area contributed by atoms with Crippen molar-refractivity contribution in [2.24, 2.45) is 0 Å². The summed E-state index contributed by atoms with van der Waals surface area (Å²) in [7, 11) is 0. The Labute approximate surface area is 185 Å². The van der Waals surface area contributed by atoms with Gasteiger partial charge in [0.2, 0.25) is 5.91 Å². The summed E-state index contributed by atoms with van der Waals surface area (Å²) in [6, 6.07) is 16.2. The number of benzene rings is 2. The van der Waals surface area contributed by atoms with Crippen LogP contribution in [0, 0.1) is 6.92 Å². The van der Waals surface area contributed by atoms with E-state index in [1.165, 1.54) is 5.69 Å². The highest BCUT2D eigenvalue weighted by Gasteiger charge is 2.23. The monoisotopic (exact) mass is 423 g/mol. The van der Waals surface area contributed by atoms with Gasteiger partial charge in [0.05, 0.1) is 6.54 Å². The zero-order valence-corrected chi connectivity index (χ0v) is 18.9. The van der Waals surface area contributed by atoms with Gasteiger partial charge in [0.25, 0.3) is 5.91 Å². The molecule has 31 heavy (non-hydrogen) atoms. The third-order valence-corrected chi connectivity index (χ3v) is 5.63. The van der Waals surface area contributed by atoms with Crippen molar-refractivity contribution in [2.75, 3.05) is 37.6 Å². The SMILES string of the molecule is Cc1ccc(C(C)C)c(OC(C)C(=O)NCC(=O)N2CCN(c3ccccc3)CC2)c1. The molecule has 0 radical (unpaired) electrons. The second-order valence-corrected chi connectivity index (χ2v) is 8.38.